The van der Waals surface area contributed by atoms with Gasteiger partial charge in [-0.1, -0.05) is 18.2 Å². The molecule has 2 aromatic rings. The smallest absolute Gasteiger partial charge is 0.319 e. The van der Waals surface area contributed by atoms with E-state index in [1.807, 2.05) is 12.1 Å². The summed E-state index contributed by atoms with van der Waals surface area (Å²) in [5.74, 6) is 0.539. The molecule has 0 radical (unpaired) electrons. The molecule has 150 valence electrons. The van der Waals surface area contributed by atoms with E-state index in [1.165, 1.54) is 20.3 Å². The van der Waals surface area contributed by atoms with Crippen LogP contribution in [-0.4, -0.2) is 47.3 Å². The lowest BCUT2D eigenvalue weighted by Gasteiger charge is -2.41. The Morgan fingerprint density at radius 1 is 1.25 bits per heavy atom. The van der Waals surface area contributed by atoms with E-state index in [2.05, 4.69) is 14.9 Å². The fraction of sp³-hybridized carbons (Fsp3) is 0.524. The van der Waals surface area contributed by atoms with Crippen LogP contribution in [0.5, 0.6) is 11.9 Å². The molecular formula is C21H26FN3O3. The number of aliphatic hydroxyl groups is 1. The van der Waals surface area contributed by atoms with Crippen LogP contribution in [0.2, 0.25) is 0 Å². The lowest BCUT2D eigenvalue weighted by atomic mass is 9.68. The first-order chi connectivity index (χ1) is 13.5. The molecule has 1 aromatic heterocycles. The molecule has 1 N–H and O–H groups in total. The Labute approximate surface area is 164 Å². The van der Waals surface area contributed by atoms with Gasteiger partial charge < -0.3 is 14.6 Å². The average Bonchev–Trinajstić information content (AvgIpc) is 3.13. The van der Waals surface area contributed by atoms with Gasteiger partial charge in [-0.3, -0.25) is 4.90 Å². The highest BCUT2D eigenvalue weighted by atomic mass is 19.1. The standard InChI is InChI=1S/C21H26FN3O3/c1-27-19-16(10-23-20(24-19)28-2)21(26)9-5-7-14-11-25(13-17(14)21)12-15-6-3-4-8-18(15)22/h3-4,6,8,10,14,17,26H,5,7,9,11-13H2,1-2H3. The van der Waals surface area contributed by atoms with Crippen LogP contribution < -0.4 is 9.47 Å². The van der Waals surface area contributed by atoms with Gasteiger partial charge in [-0.25, -0.2) is 9.37 Å². The van der Waals surface area contributed by atoms with Crippen molar-refractivity contribution in [2.45, 2.75) is 31.4 Å². The Morgan fingerprint density at radius 2 is 2.07 bits per heavy atom. The van der Waals surface area contributed by atoms with Crippen LogP contribution in [0, 0.1) is 17.7 Å². The van der Waals surface area contributed by atoms with Gasteiger partial charge in [0.05, 0.1) is 19.8 Å². The third-order valence-electron chi connectivity index (χ3n) is 6.19. The molecule has 28 heavy (non-hydrogen) atoms. The molecule has 0 bridgehead atoms. The van der Waals surface area contributed by atoms with Crippen LogP contribution >= 0.6 is 0 Å². The Balaban J connectivity index is 1.60. The number of fused-ring (bicyclic) bond motifs is 1. The van der Waals surface area contributed by atoms with Crippen LogP contribution in [-0.2, 0) is 12.1 Å². The number of hydrogen-bond donors (Lipinski definition) is 1. The number of hydrogen-bond acceptors (Lipinski definition) is 6. The number of aromatic nitrogens is 2. The van der Waals surface area contributed by atoms with Gasteiger partial charge in [-0.2, -0.15) is 4.98 Å². The first kappa shape index (κ1) is 19.1. The summed E-state index contributed by atoms with van der Waals surface area (Å²) in [5, 5.41) is 11.7. The summed E-state index contributed by atoms with van der Waals surface area (Å²) in [6.45, 7) is 2.09. The highest BCUT2D eigenvalue weighted by molar-refractivity contribution is 5.33. The van der Waals surface area contributed by atoms with Crippen molar-refractivity contribution in [2.75, 3.05) is 27.3 Å². The van der Waals surface area contributed by atoms with Crippen molar-refractivity contribution in [3.63, 3.8) is 0 Å². The lowest BCUT2D eigenvalue weighted by Crippen LogP contribution is -2.43. The van der Waals surface area contributed by atoms with Gasteiger partial charge in [-0.05, 0) is 31.2 Å². The second-order valence-corrected chi connectivity index (χ2v) is 7.75. The molecule has 2 heterocycles. The van der Waals surface area contributed by atoms with E-state index in [4.69, 9.17) is 9.47 Å². The van der Waals surface area contributed by atoms with E-state index in [1.54, 1.807) is 12.3 Å². The molecule has 4 rings (SSSR count). The second kappa shape index (κ2) is 7.64. The second-order valence-electron chi connectivity index (χ2n) is 7.75. The van der Waals surface area contributed by atoms with E-state index in [0.29, 0.717) is 42.4 Å². The van der Waals surface area contributed by atoms with Gasteiger partial charge >= 0.3 is 6.01 Å². The maximum absolute atomic E-state index is 14.1. The predicted molar refractivity (Wildman–Crippen MR) is 102 cm³/mol. The number of rotatable bonds is 5. The maximum Gasteiger partial charge on any atom is 0.319 e. The third kappa shape index (κ3) is 3.33. The first-order valence-corrected chi connectivity index (χ1v) is 9.68. The quantitative estimate of drug-likeness (QED) is 0.851. The highest BCUT2D eigenvalue weighted by Gasteiger charge is 2.51. The normalized spacial score (nSPS) is 27.4. The van der Waals surface area contributed by atoms with Crippen LogP contribution in [0.25, 0.3) is 0 Å². The van der Waals surface area contributed by atoms with Gasteiger partial charge in [0.25, 0.3) is 0 Å². The van der Waals surface area contributed by atoms with Crippen molar-refractivity contribution >= 4 is 0 Å². The third-order valence-corrected chi connectivity index (χ3v) is 6.19. The zero-order chi connectivity index (χ0) is 19.7. The summed E-state index contributed by atoms with van der Waals surface area (Å²) >= 11 is 0. The van der Waals surface area contributed by atoms with Crippen LogP contribution in [0.4, 0.5) is 4.39 Å². The molecule has 6 nitrogen and oxygen atoms in total. The van der Waals surface area contributed by atoms with Gasteiger partial charge in [-0.15, -0.1) is 0 Å². The van der Waals surface area contributed by atoms with Crippen LogP contribution in [0.15, 0.2) is 30.5 Å². The van der Waals surface area contributed by atoms with Gasteiger partial charge in [0.15, 0.2) is 0 Å². The Bertz CT molecular complexity index is 849. The zero-order valence-electron chi connectivity index (χ0n) is 16.3. The van der Waals surface area contributed by atoms with E-state index in [-0.39, 0.29) is 17.7 Å². The molecule has 2 aliphatic rings. The fourth-order valence-corrected chi connectivity index (χ4v) is 4.85. The minimum Gasteiger partial charge on any atom is -0.481 e. The topological polar surface area (TPSA) is 67.7 Å². The number of benzene rings is 1. The molecule has 1 aromatic carbocycles. The number of likely N-dealkylation sites (tertiary alicyclic amines) is 1. The van der Waals surface area contributed by atoms with Gasteiger partial charge in [0.2, 0.25) is 5.88 Å². The summed E-state index contributed by atoms with van der Waals surface area (Å²) in [6, 6.07) is 7.09. The Morgan fingerprint density at radius 3 is 2.82 bits per heavy atom. The molecule has 2 fully saturated rings. The highest BCUT2D eigenvalue weighted by Crippen LogP contribution is 2.50. The number of methoxy groups -OCH3 is 2. The van der Waals surface area contributed by atoms with E-state index in [9.17, 15) is 9.50 Å². The summed E-state index contributed by atoms with van der Waals surface area (Å²) in [7, 11) is 3.03. The molecule has 3 unspecified atom stereocenters. The largest absolute Gasteiger partial charge is 0.481 e. The van der Waals surface area contributed by atoms with Crippen molar-refractivity contribution < 1.29 is 19.0 Å². The zero-order valence-corrected chi connectivity index (χ0v) is 16.3. The lowest BCUT2D eigenvalue weighted by molar-refractivity contribution is -0.0669. The van der Waals surface area contributed by atoms with E-state index < -0.39 is 5.60 Å². The molecule has 1 saturated carbocycles. The SMILES string of the molecule is COc1ncc(C2(O)CCCC3CN(Cc4ccccc4F)CC32)c(OC)n1. The minimum absolute atomic E-state index is 0.0268. The van der Waals surface area contributed by atoms with Crippen molar-refractivity contribution in [1.29, 1.82) is 0 Å². The van der Waals surface area contributed by atoms with Crippen molar-refractivity contribution in [3.05, 3.63) is 47.4 Å². The van der Waals surface area contributed by atoms with E-state index >= 15 is 0 Å². The van der Waals surface area contributed by atoms with Crippen LogP contribution in [0.1, 0.15) is 30.4 Å². The average molecular weight is 387 g/mol. The molecule has 0 spiro atoms. The van der Waals surface area contributed by atoms with E-state index in [0.717, 1.165) is 19.4 Å². The molecule has 1 saturated heterocycles. The fourth-order valence-electron chi connectivity index (χ4n) is 4.85. The minimum atomic E-state index is -1.06. The Kier molecular flexibility index (Phi) is 5.21. The van der Waals surface area contributed by atoms with Gasteiger partial charge in [0, 0.05) is 37.3 Å². The molecule has 1 aliphatic carbocycles. The summed E-state index contributed by atoms with van der Waals surface area (Å²) in [4.78, 5) is 10.7. The van der Waals surface area contributed by atoms with Crippen molar-refractivity contribution in [1.82, 2.24) is 14.9 Å². The molecule has 0 amide bonds. The number of ether oxygens (including phenoxy) is 2. The van der Waals surface area contributed by atoms with Crippen molar-refractivity contribution in [2.24, 2.45) is 11.8 Å². The molecule has 7 heteroatoms. The summed E-state index contributed by atoms with van der Waals surface area (Å²) in [6.07, 6.45) is 4.22. The van der Waals surface area contributed by atoms with Gasteiger partial charge in [0.1, 0.15) is 11.4 Å². The Hall–Kier alpha value is -2.25. The molecule has 3 atom stereocenters. The predicted octanol–water partition coefficient (Wildman–Crippen LogP) is 2.75. The summed E-state index contributed by atoms with van der Waals surface area (Å²) in [5.41, 5.74) is 0.234. The van der Waals surface area contributed by atoms with Crippen molar-refractivity contribution in [3.8, 4) is 11.9 Å². The molecule has 1 aliphatic heterocycles. The van der Waals surface area contributed by atoms with Crippen LogP contribution in [0.3, 0.4) is 0 Å². The summed E-state index contributed by atoms with van der Waals surface area (Å²) < 4.78 is 24.6. The monoisotopic (exact) mass is 387 g/mol. The maximum atomic E-state index is 14.1. The number of halogens is 1. The first-order valence-electron chi connectivity index (χ1n) is 9.68. The number of nitrogens with zero attached hydrogens (tertiary/aromatic N) is 3. The molecular weight excluding hydrogens is 361 g/mol.